The van der Waals surface area contributed by atoms with Crippen LogP contribution in [0.5, 0.6) is 0 Å². The third-order valence-corrected chi connectivity index (χ3v) is 6.69. The predicted octanol–water partition coefficient (Wildman–Crippen LogP) is 2.77. The Morgan fingerprint density at radius 3 is 2.67 bits per heavy atom. The van der Waals surface area contributed by atoms with Crippen molar-refractivity contribution >= 4 is 16.7 Å². The van der Waals surface area contributed by atoms with Gasteiger partial charge in [0.25, 0.3) is 0 Å². The Labute approximate surface area is 112 Å². The highest BCUT2D eigenvalue weighted by atomic mass is 32.2. The van der Waals surface area contributed by atoms with Crippen molar-refractivity contribution in [2.45, 2.75) is 32.1 Å². The molecule has 1 unspecified atom stereocenters. The van der Waals surface area contributed by atoms with E-state index in [0.717, 1.165) is 25.0 Å². The van der Waals surface area contributed by atoms with Crippen molar-refractivity contribution < 1.29 is 4.79 Å². The van der Waals surface area contributed by atoms with E-state index in [9.17, 15) is 4.79 Å². The Kier molecular flexibility index (Phi) is 3.74. The zero-order valence-electron chi connectivity index (χ0n) is 10.9. The minimum absolute atomic E-state index is 0.313. The first-order valence-electron chi connectivity index (χ1n) is 7.06. The van der Waals surface area contributed by atoms with E-state index in [1.165, 1.54) is 35.5 Å². The van der Waals surface area contributed by atoms with Gasteiger partial charge < -0.3 is 0 Å². The van der Waals surface area contributed by atoms with Crippen LogP contribution in [-0.4, -0.2) is 23.0 Å². The van der Waals surface area contributed by atoms with Gasteiger partial charge in [0.2, 0.25) is 0 Å². The number of fused-ring (bicyclic) bond motifs is 1. The number of rotatable bonds is 3. The smallest absolute Gasteiger partial charge is 0.185 e. The number of hydrogen-bond acceptors (Lipinski definition) is 1. The molecule has 3 rings (SSSR count). The van der Waals surface area contributed by atoms with Crippen molar-refractivity contribution in [1.82, 2.24) is 0 Å². The molecule has 1 atom stereocenters. The topological polar surface area (TPSA) is 17.1 Å². The molecule has 0 amide bonds. The molecule has 1 aromatic rings. The minimum Gasteiger partial charge on any atom is -0.294 e. The van der Waals surface area contributed by atoms with E-state index in [-0.39, 0.29) is 0 Å². The Balaban J connectivity index is 1.62. The number of Topliss-reactive ketones (excluding diaryl/α,β-unsaturated/α-hetero) is 1. The molecule has 0 saturated carbocycles. The molecule has 1 aliphatic heterocycles. The van der Waals surface area contributed by atoms with Crippen molar-refractivity contribution in [2.24, 2.45) is 5.92 Å². The van der Waals surface area contributed by atoms with Crippen LogP contribution < -0.4 is 0 Å². The molecular weight excluding hydrogens is 240 g/mol. The number of aryl methyl sites for hydroxylation is 1. The molecule has 0 N–H and O–H groups in total. The maximum atomic E-state index is 12.4. The average molecular weight is 261 g/mol. The fourth-order valence-corrected chi connectivity index (χ4v) is 5.51. The first-order chi connectivity index (χ1) is 8.83. The first kappa shape index (κ1) is 12.3. The van der Waals surface area contributed by atoms with Crippen molar-refractivity contribution in [3.8, 4) is 0 Å². The summed E-state index contributed by atoms with van der Waals surface area (Å²) in [4.78, 5) is 12.4. The van der Waals surface area contributed by atoms with E-state index in [0.29, 0.717) is 22.6 Å². The summed E-state index contributed by atoms with van der Waals surface area (Å²) in [7, 11) is 0.434. The molecule has 1 aliphatic carbocycles. The van der Waals surface area contributed by atoms with Crippen molar-refractivity contribution in [3.63, 3.8) is 0 Å². The van der Waals surface area contributed by atoms with E-state index < -0.39 is 0 Å². The number of hydrogen-bond donors (Lipinski definition) is 0. The Morgan fingerprint density at radius 1 is 1.17 bits per heavy atom. The maximum Gasteiger partial charge on any atom is 0.185 e. The third kappa shape index (κ3) is 2.64. The van der Waals surface area contributed by atoms with E-state index >= 15 is 0 Å². The molecule has 0 spiro atoms. The number of carbonyl (C=O) groups excluding carboxylic acids is 1. The summed E-state index contributed by atoms with van der Waals surface area (Å²) >= 11 is 0. The molecular formula is C16H21OS+. The SMILES string of the molecule is O=C(C[S+]1CCCC1)C1CCc2ccccc2C1. The lowest BCUT2D eigenvalue weighted by Gasteiger charge is -2.23. The average Bonchev–Trinajstić information content (AvgIpc) is 2.91. The number of carbonyl (C=O) groups is 1. The summed E-state index contributed by atoms with van der Waals surface area (Å²) in [5.41, 5.74) is 2.88. The van der Waals surface area contributed by atoms with Crippen LogP contribution in [0.4, 0.5) is 0 Å². The van der Waals surface area contributed by atoms with Gasteiger partial charge in [-0.15, -0.1) is 0 Å². The van der Waals surface area contributed by atoms with Gasteiger partial charge in [0.1, 0.15) is 11.5 Å². The summed E-state index contributed by atoms with van der Waals surface area (Å²) in [5, 5.41) is 0. The molecule has 1 aromatic carbocycles. The van der Waals surface area contributed by atoms with Crippen molar-refractivity contribution in [1.29, 1.82) is 0 Å². The van der Waals surface area contributed by atoms with Gasteiger partial charge in [0.15, 0.2) is 11.5 Å². The fourth-order valence-electron chi connectivity index (χ4n) is 3.15. The Bertz CT molecular complexity index is 434. The van der Waals surface area contributed by atoms with Crippen LogP contribution in [0.2, 0.25) is 0 Å². The maximum absolute atomic E-state index is 12.4. The highest BCUT2D eigenvalue weighted by Gasteiger charge is 2.32. The molecule has 0 radical (unpaired) electrons. The summed E-state index contributed by atoms with van der Waals surface area (Å²) in [6.07, 6.45) is 5.87. The molecule has 1 saturated heterocycles. The fraction of sp³-hybridized carbons (Fsp3) is 0.562. The highest BCUT2D eigenvalue weighted by Crippen LogP contribution is 2.27. The quantitative estimate of drug-likeness (QED) is 0.765. The number of ketones is 1. The van der Waals surface area contributed by atoms with Crippen LogP contribution in [0.1, 0.15) is 30.4 Å². The predicted molar refractivity (Wildman–Crippen MR) is 78.2 cm³/mol. The third-order valence-electron chi connectivity index (χ3n) is 4.26. The van der Waals surface area contributed by atoms with Gasteiger partial charge in [-0.25, -0.2) is 0 Å². The lowest BCUT2D eigenvalue weighted by Crippen LogP contribution is -2.29. The standard InChI is InChI=1S/C16H21OS/c17-16(12-18-9-3-4-10-18)15-8-7-13-5-1-2-6-14(13)11-15/h1-2,5-6,15H,3-4,7-12H2/q+1. The monoisotopic (exact) mass is 261 g/mol. The van der Waals surface area contributed by atoms with Crippen LogP contribution in [-0.2, 0) is 28.5 Å². The lowest BCUT2D eigenvalue weighted by atomic mass is 9.82. The van der Waals surface area contributed by atoms with E-state index in [1.807, 2.05) is 0 Å². The molecule has 1 nitrogen and oxygen atoms in total. The van der Waals surface area contributed by atoms with Gasteiger partial charge in [-0.1, -0.05) is 24.3 Å². The van der Waals surface area contributed by atoms with Gasteiger partial charge in [0, 0.05) is 5.92 Å². The van der Waals surface area contributed by atoms with Crippen LogP contribution in [0, 0.1) is 5.92 Å². The lowest BCUT2D eigenvalue weighted by molar-refractivity contribution is -0.120. The molecule has 18 heavy (non-hydrogen) atoms. The van der Waals surface area contributed by atoms with Gasteiger partial charge in [-0.05, 0) is 54.1 Å². The van der Waals surface area contributed by atoms with Gasteiger partial charge in [-0.3, -0.25) is 4.79 Å². The second-order valence-corrected chi connectivity index (χ2v) is 7.88. The van der Waals surface area contributed by atoms with E-state index in [2.05, 4.69) is 24.3 Å². The second kappa shape index (κ2) is 5.48. The zero-order chi connectivity index (χ0) is 12.4. The van der Waals surface area contributed by atoms with Crippen LogP contribution in [0.3, 0.4) is 0 Å². The normalized spacial score (nSPS) is 23.9. The summed E-state index contributed by atoms with van der Waals surface area (Å²) < 4.78 is 0. The Hall–Kier alpha value is -0.760. The highest BCUT2D eigenvalue weighted by molar-refractivity contribution is 7.97. The van der Waals surface area contributed by atoms with Gasteiger partial charge in [-0.2, -0.15) is 0 Å². The largest absolute Gasteiger partial charge is 0.294 e. The molecule has 96 valence electrons. The molecule has 0 bridgehead atoms. The summed E-state index contributed by atoms with van der Waals surface area (Å²) in [5.74, 6) is 4.37. The van der Waals surface area contributed by atoms with Crippen LogP contribution >= 0.6 is 0 Å². The minimum atomic E-state index is 0.313. The Morgan fingerprint density at radius 2 is 1.89 bits per heavy atom. The molecule has 2 heteroatoms. The molecule has 0 aromatic heterocycles. The van der Waals surface area contributed by atoms with Crippen molar-refractivity contribution in [3.05, 3.63) is 35.4 Å². The molecule has 2 aliphatic rings. The summed E-state index contributed by atoms with van der Waals surface area (Å²) in [6.45, 7) is 0. The van der Waals surface area contributed by atoms with Gasteiger partial charge in [0.05, 0.1) is 0 Å². The number of benzene rings is 1. The van der Waals surface area contributed by atoms with Crippen LogP contribution in [0.25, 0.3) is 0 Å². The first-order valence-corrected chi connectivity index (χ1v) is 8.80. The van der Waals surface area contributed by atoms with E-state index in [1.54, 1.807) is 0 Å². The molecule has 1 heterocycles. The van der Waals surface area contributed by atoms with Gasteiger partial charge >= 0.3 is 0 Å². The van der Waals surface area contributed by atoms with Crippen LogP contribution in [0.15, 0.2) is 24.3 Å². The molecule has 1 fully saturated rings. The zero-order valence-corrected chi connectivity index (χ0v) is 11.7. The summed E-state index contributed by atoms with van der Waals surface area (Å²) in [6, 6.07) is 8.63. The van der Waals surface area contributed by atoms with Crippen molar-refractivity contribution in [2.75, 3.05) is 17.3 Å². The second-order valence-electron chi connectivity index (χ2n) is 5.55. The van der Waals surface area contributed by atoms with E-state index in [4.69, 9.17) is 0 Å².